The smallest absolute Gasteiger partial charge is 0.326 e. The van der Waals surface area contributed by atoms with Crippen LogP contribution in [-0.4, -0.2) is 60.9 Å². The van der Waals surface area contributed by atoms with E-state index in [1.54, 1.807) is 0 Å². The maximum atomic E-state index is 11.7. The molecule has 2 rings (SSSR count). The fraction of sp³-hybridized carbons (Fsp3) is 0.833. The topological polar surface area (TPSA) is 76.1 Å². The summed E-state index contributed by atoms with van der Waals surface area (Å²) >= 11 is 0. The minimum Gasteiger partial charge on any atom is -0.480 e. The van der Waals surface area contributed by atoms with E-state index in [4.69, 9.17) is 14.6 Å². The van der Waals surface area contributed by atoms with Crippen LogP contribution in [0.1, 0.15) is 19.3 Å². The van der Waals surface area contributed by atoms with E-state index in [1.165, 1.54) is 24.9 Å². The lowest BCUT2D eigenvalue weighted by Gasteiger charge is -2.20. The molecule has 6 heteroatoms. The molecule has 1 saturated carbocycles. The van der Waals surface area contributed by atoms with Crippen molar-refractivity contribution in [1.29, 1.82) is 0 Å². The van der Waals surface area contributed by atoms with Crippen molar-refractivity contribution in [2.24, 2.45) is 5.92 Å². The van der Waals surface area contributed by atoms with Gasteiger partial charge in [0.2, 0.25) is 5.91 Å². The van der Waals surface area contributed by atoms with Crippen LogP contribution in [0, 0.1) is 5.92 Å². The van der Waals surface area contributed by atoms with Gasteiger partial charge in [0.25, 0.3) is 0 Å². The highest BCUT2D eigenvalue weighted by Crippen LogP contribution is 2.30. The number of hydrogen-bond acceptors (Lipinski definition) is 4. The van der Waals surface area contributed by atoms with Crippen molar-refractivity contribution in [2.45, 2.75) is 31.4 Å². The van der Waals surface area contributed by atoms with E-state index in [1.807, 2.05) is 0 Å². The van der Waals surface area contributed by atoms with E-state index in [0.29, 0.717) is 25.5 Å². The molecule has 0 aromatic rings. The third-order valence-corrected chi connectivity index (χ3v) is 3.40. The van der Waals surface area contributed by atoms with Gasteiger partial charge in [-0.25, -0.2) is 4.79 Å². The van der Waals surface area contributed by atoms with Crippen LogP contribution in [0.25, 0.3) is 0 Å². The minimum atomic E-state index is -0.975. The van der Waals surface area contributed by atoms with Crippen LogP contribution in [0.3, 0.4) is 0 Å². The molecule has 2 aliphatic rings. The van der Waals surface area contributed by atoms with Gasteiger partial charge in [-0.3, -0.25) is 4.79 Å². The second kappa shape index (κ2) is 5.67. The van der Waals surface area contributed by atoms with Crippen molar-refractivity contribution in [3.8, 4) is 0 Å². The van der Waals surface area contributed by atoms with Gasteiger partial charge in [-0.05, 0) is 18.8 Å². The molecule has 1 aliphatic heterocycles. The average Bonchev–Trinajstić information content (AvgIpc) is 3.04. The molecular weight excluding hydrogens is 238 g/mol. The highest BCUT2D eigenvalue weighted by molar-refractivity contribution is 5.85. The largest absolute Gasteiger partial charge is 0.480 e. The third-order valence-electron chi connectivity index (χ3n) is 3.40. The Bertz CT molecular complexity index is 328. The second-order valence-corrected chi connectivity index (χ2v) is 4.97. The summed E-state index contributed by atoms with van der Waals surface area (Å²) in [7, 11) is 1.42. The van der Waals surface area contributed by atoms with Gasteiger partial charge >= 0.3 is 5.97 Å². The zero-order valence-corrected chi connectivity index (χ0v) is 10.5. The number of hydrogen-bond donors (Lipinski definition) is 1. The lowest BCUT2D eigenvalue weighted by molar-refractivity contribution is -0.149. The van der Waals surface area contributed by atoms with Crippen molar-refractivity contribution in [3.05, 3.63) is 0 Å². The molecule has 0 aromatic carbocycles. The van der Waals surface area contributed by atoms with Crippen molar-refractivity contribution in [2.75, 3.05) is 26.9 Å². The maximum Gasteiger partial charge on any atom is 0.326 e. The van der Waals surface area contributed by atoms with Gasteiger partial charge in [-0.15, -0.1) is 0 Å². The van der Waals surface area contributed by atoms with Crippen LogP contribution in [0.5, 0.6) is 0 Å². The maximum absolute atomic E-state index is 11.7. The van der Waals surface area contributed by atoms with Crippen LogP contribution in [0.4, 0.5) is 0 Å². The first-order valence-electron chi connectivity index (χ1n) is 6.24. The average molecular weight is 257 g/mol. The fourth-order valence-corrected chi connectivity index (χ4v) is 2.19. The summed E-state index contributed by atoms with van der Waals surface area (Å²) in [5.74, 6) is -0.628. The molecule has 2 fully saturated rings. The number of aliphatic carboxylic acids is 1. The monoisotopic (exact) mass is 257 g/mol. The van der Waals surface area contributed by atoms with E-state index in [9.17, 15) is 9.59 Å². The molecule has 1 N–H and O–H groups in total. The SMILES string of the molecule is COCC(=O)N1C[C@H](OCC2CC2)C[C@H]1C(=O)O. The zero-order valence-electron chi connectivity index (χ0n) is 10.5. The van der Waals surface area contributed by atoms with Gasteiger partial charge in [0, 0.05) is 26.7 Å². The molecule has 1 saturated heterocycles. The predicted octanol–water partition coefficient (Wildman–Crippen LogP) is 0.114. The molecule has 0 unspecified atom stereocenters. The molecule has 0 aromatic heterocycles. The molecule has 1 amide bonds. The molecule has 0 radical (unpaired) electrons. The Morgan fingerprint density at radius 3 is 2.67 bits per heavy atom. The number of amides is 1. The number of carbonyl (C=O) groups excluding carboxylic acids is 1. The van der Waals surface area contributed by atoms with Gasteiger partial charge in [-0.2, -0.15) is 0 Å². The van der Waals surface area contributed by atoms with E-state index < -0.39 is 12.0 Å². The number of carboxylic acids is 1. The van der Waals surface area contributed by atoms with Gasteiger partial charge in [-0.1, -0.05) is 0 Å². The van der Waals surface area contributed by atoms with Gasteiger partial charge in [0.15, 0.2) is 0 Å². The van der Waals surface area contributed by atoms with Crippen LogP contribution in [0.2, 0.25) is 0 Å². The van der Waals surface area contributed by atoms with Crippen molar-refractivity contribution in [3.63, 3.8) is 0 Å². The first kappa shape index (κ1) is 13.3. The lowest BCUT2D eigenvalue weighted by atomic mass is 10.2. The fourth-order valence-electron chi connectivity index (χ4n) is 2.19. The highest BCUT2D eigenvalue weighted by atomic mass is 16.5. The summed E-state index contributed by atoms with van der Waals surface area (Å²) in [5, 5.41) is 9.12. The molecule has 18 heavy (non-hydrogen) atoms. The van der Waals surface area contributed by atoms with Gasteiger partial charge in [0.1, 0.15) is 12.6 Å². The van der Waals surface area contributed by atoms with Crippen molar-refractivity contribution < 1.29 is 24.2 Å². The zero-order chi connectivity index (χ0) is 13.1. The Labute approximate surface area is 106 Å². The van der Waals surface area contributed by atoms with Crippen LogP contribution >= 0.6 is 0 Å². The van der Waals surface area contributed by atoms with Crippen LogP contribution < -0.4 is 0 Å². The first-order chi connectivity index (χ1) is 8.61. The number of rotatable bonds is 6. The molecule has 1 heterocycles. The summed E-state index contributed by atoms with van der Waals surface area (Å²) in [6.07, 6.45) is 2.60. The Hall–Kier alpha value is -1.14. The standard InChI is InChI=1S/C12H19NO5/c1-17-7-11(14)13-5-9(4-10(13)12(15)16)18-6-8-2-3-8/h8-10H,2-7H2,1H3,(H,15,16)/t9-,10+/m1/s1. The Balaban J connectivity index is 1.89. The number of methoxy groups -OCH3 is 1. The molecule has 1 aliphatic carbocycles. The third kappa shape index (κ3) is 3.20. The van der Waals surface area contributed by atoms with Gasteiger partial charge < -0.3 is 19.5 Å². The Morgan fingerprint density at radius 1 is 1.39 bits per heavy atom. The molecule has 0 bridgehead atoms. The molecule has 2 atom stereocenters. The van der Waals surface area contributed by atoms with Crippen LogP contribution in [0.15, 0.2) is 0 Å². The van der Waals surface area contributed by atoms with E-state index in [-0.39, 0.29) is 18.6 Å². The van der Waals surface area contributed by atoms with Gasteiger partial charge in [0.05, 0.1) is 6.10 Å². The normalized spacial score (nSPS) is 27.5. The van der Waals surface area contributed by atoms with E-state index >= 15 is 0 Å². The number of carbonyl (C=O) groups is 2. The number of nitrogens with zero attached hydrogens (tertiary/aromatic N) is 1. The lowest BCUT2D eigenvalue weighted by Crippen LogP contribution is -2.42. The first-order valence-corrected chi connectivity index (χ1v) is 6.24. The summed E-state index contributed by atoms with van der Waals surface area (Å²) in [6.45, 7) is 0.953. The van der Waals surface area contributed by atoms with E-state index in [2.05, 4.69) is 0 Å². The Kier molecular flexibility index (Phi) is 4.19. The number of ether oxygens (including phenoxy) is 2. The van der Waals surface area contributed by atoms with E-state index in [0.717, 1.165) is 0 Å². The van der Waals surface area contributed by atoms with Crippen LogP contribution in [-0.2, 0) is 19.1 Å². The molecule has 102 valence electrons. The predicted molar refractivity (Wildman–Crippen MR) is 62.1 cm³/mol. The van der Waals surface area contributed by atoms with Crippen molar-refractivity contribution in [1.82, 2.24) is 4.90 Å². The molecule has 6 nitrogen and oxygen atoms in total. The molecular formula is C12H19NO5. The summed E-state index contributed by atoms with van der Waals surface area (Å²) < 4.78 is 10.4. The quantitative estimate of drug-likeness (QED) is 0.731. The van der Waals surface area contributed by atoms with Crippen molar-refractivity contribution >= 4 is 11.9 Å². The number of likely N-dealkylation sites (tertiary alicyclic amines) is 1. The minimum absolute atomic E-state index is 0.0842. The highest BCUT2D eigenvalue weighted by Gasteiger charge is 2.40. The second-order valence-electron chi connectivity index (χ2n) is 4.97. The summed E-state index contributed by atoms with van der Waals surface area (Å²) in [6, 6.07) is -0.781. The molecule has 0 spiro atoms. The Morgan fingerprint density at radius 2 is 2.11 bits per heavy atom. The summed E-state index contributed by atoms with van der Waals surface area (Å²) in [4.78, 5) is 24.2. The summed E-state index contributed by atoms with van der Waals surface area (Å²) in [5.41, 5.74) is 0. The number of carboxylic acid groups (broad SMARTS) is 1.